The van der Waals surface area contributed by atoms with Gasteiger partial charge in [-0.3, -0.25) is 0 Å². The molecule has 3 fully saturated rings. The summed E-state index contributed by atoms with van der Waals surface area (Å²) in [5.74, 6) is 5.86. The van der Waals surface area contributed by atoms with E-state index in [1.165, 1.54) is 57.8 Å². The van der Waals surface area contributed by atoms with Crippen LogP contribution in [0.2, 0.25) is 0 Å². The molecule has 0 amide bonds. The molecule has 38 heavy (non-hydrogen) atoms. The normalized spacial score (nSPS) is 38.0. The Kier molecular flexibility index (Phi) is 8.19. The average molecular weight is 519 g/mol. The molecule has 1 aromatic rings. The van der Waals surface area contributed by atoms with Crippen LogP contribution in [0.5, 0.6) is 0 Å². The Balaban J connectivity index is 1.25. The molecule has 0 spiro atoms. The van der Waals surface area contributed by atoms with E-state index in [1.54, 1.807) is 5.57 Å². The molecule has 2 nitrogen and oxygen atoms in total. The Labute approximate surface area is 233 Å². The first kappa shape index (κ1) is 28.0. The SMILES string of the molecule is CC[C@@H](CC[C@@H](C)[C@H]1CC[C@H]2[C@@H]3CC=C4C[C@@H](OC(=O)c5ccccc5)CC[C@]4(C)[C@H]3CC[C@]12C)C(C)C. The Bertz CT molecular complexity index is 994. The maximum atomic E-state index is 12.7. The summed E-state index contributed by atoms with van der Waals surface area (Å²) in [6.07, 6.45) is 16.9. The van der Waals surface area contributed by atoms with Gasteiger partial charge in [-0.2, -0.15) is 0 Å². The van der Waals surface area contributed by atoms with E-state index < -0.39 is 0 Å². The van der Waals surface area contributed by atoms with Crippen LogP contribution < -0.4 is 0 Å². The predicted octanol–water partition coefficient (Wildman–Crippen LogP) is 9.89. The summed E-state index contributed by atoms with van der Waals surface area (Å²) in [7, 11) is 0. The highest BCUT2D eigenvalue weighted by Crippen LogP contribution is 2.67. The van der Waals surface area contributed by atoms with Gasteiger partial charge in [0.15, 0.2) is 0 Å². The third-order valence-corrected chi connectivity index (χ3v) is 12.6. The minimum absolute atomic E-state index is 0.0296. The highest BCUT2D eigenvalue weighted by atomic mass is 16.5. The molecule has 0 saturated heterocycles. The number of carbonyl (C=O) groups is 1. The lowest BCUT2D eigenvalue weighted by atomic mass is 9.47. The summed E-state index contributed by atoms with van der Waals surface area (Å²) in [5, 5.41) is 0. The molecule has 3 saturated carbocycles. The molecule has 0 aliphatic heterocycles. The van der Waals surface area contributed by atoms with Gasteiger partial charge >= 0.3 is 5.97 Å². The average Bonchev–Trinajstić information content (AvgIpc) is 3.26. The van der Waals surface area contributed by atoms with E-state index in [4.69, 9.17) is 4.74 Å². The number of esters is 1. The van der Waals surface area contributed by atoms with Crippen LogP contribution in [0.4, 0.5) is 0 Å². The topological polar surface area (TPSA) is 26.3 Å². The summed E-state index contributed by atoms with van der Waals surface area (Å²) >= 11 is 0. The van der Waals surface area contributed by atoms with Crippen LogP contribution in [-0.2, 0) is 4.74 Å². The Morgan fingerprint density at radius 3 is 2.45 bits per heavy atom. The molecular formula is C36H54O2. The largest absolute Gasteiger partial charge is 0.458 e. The molecule has 5 rings (SSSR count). The second-order valence-corrected chi connectivity index (χ2v) is 14.6. The zero-order valence-corrected chi connectivity index (χ0v) is 25.2. The molecule has 4 aliphatic carbocycles. The van der Waals surface area contributed by atoms with Crippen molar-refractivity contribution in [2.75, 3.05) is 0 Å². The third kappa shape index (κ3) is 5.03. The number of carbonyl (C=O) groups excluding carboxylic acids is 1. The lowest BCUT2D eigenvalue weighted by Crippen LogP contribution is -2.51. The molecular weight excluding hydrogens is 464 g/mol. The molecule has 0 bridgehead atoms. The summed E-state index contributed by atoms with van der Waals surface area (Å²) in [6, 6.07) is 9.50. The van der Waals surface area contributed by atoms with Crippen molar-refractivity contribution < 1.29 is 9.53 Å². The van der Waals surface area contributed by atoms with Crippen LogP contribution in [0.1, 0.15) is 123 Å². The van der Waals surface area contributed by atoms with Gasteiger partial charge in [-0.15, -0.1) is 0 Å². The lowest BCUT2D eigenvalue weighted by Gasteiger charge is -2.58. The van der Waals surface area contributed by atoms with Gasteiger partial charge in [-0.25, -0.2) is 4.79 Å². The minimum Gasteiger partial charge on any atom is -0.458 e. The fourth-order valence-corrected chi connectivity index (χ4v) is 10.2. The van der Waals surface area contributed by atoms with E-state index >= 15 is 0 Å². The van der Waals surface area contributed by atoms with Gasteiger partial charge in [-0.05, 0) is 116 Å². The van der Waals surface area contributed by atoms with Crippen LogP contribution in [0.25, 0.3) is 0 Å². The van der Waals surface area contributed by atoms with Crippen molar-refractivity contribution in [1.29, 1.82) is 0 Å². The fourth-order valence-electron chi connectivity index (χ4n) is 10.2. The van der Waals surface area contributed by atoms with Crippen molar-refractivity contribution >= 4 is 5.97 Å². The zero-order chi connectivity index (χ0) is 27.1. The fraction of sp³-hybridized carbons (Fsp3) is 0.750. The number of ether oxygens (including phenoxy) is 1. The summed E-state index contributed by atoms with van der Waals surface area (Å²) in [5.41, 5.74) is 3.10. The van der Waals surface area contributed by atoms with Crippen LogP contribution in [0.15, 0.2) is 42.0 Å². The van der Waals surface area contributed by atoms with Crippen molar-refractivity contribution in [3.63, 3.8) is 0 Å². The first-order valence-corrected chi connectivity index (χ1v) is 16.1. The van der Waals surface area contributed by atoms with Gasteiger partial charge in [0.05, 0.1) is 5.56 Å². The maximum Gasteiger partial charge on any atom is 0.338 e. The van der Waals surface area contributed by atoms with Gasteiger partial charge < -0.3 is 4.74 Å². The van der Waals surface area contributed by atoms with Gasteiger partial charge in [-0.1, -0.05) is 84.2 Å². The molecule has 1 aromatic carbocycles. The Morgan fingerprint density at radius 1 is 0.974 bits per heavy atom. The lowest BCUT2D eigenvalue weighted by molar-refractivity contribution is -0.0596. The van der Waals surface area contributed by atoms with Gasteiger partial charge in [0, 0.05) is 6.42 Å². The van der Waals surface area contributed by atoms with Gasteiger partial charge in [0.25, 0.3) is 0 Å². The van der Waals surface area contributed by atoms with E-state index in [-0.39, 0.29) is 12.1 Å². The van der Waals surface area contributed by atoms with E-state index in [9.17, 15) is 4.79 Å². The molecule has 0 aromatic heterocycles. The van der Waals surface area contributed by atoms with Crippen molar-refractivity contribution in [3.8, 4) is 0 Å². The zero-order valence-electron chi connectivity index (χ0n) is 25.2. The highest BCUT2D eigenvalue weighted by molar-refractivity contribution is 5.89. The van der Waals surface area contributed by atoms with E-state index in [0.717, 1.165) is 54.3 Å². The van der Waals surface area contributed by atoms with Crippen LogP contribution in [0.3, 0.4) is 0 Å². The molecule has 0 unspecified atom stereocenters. The van der Waals surface area contributed by atoms with Crippen molar-refractivity contribution in [1.82, 2.24) is 0 Å². The third-order valence-electron chi connectivity index (χ3n) is 12.6. The molecule has 0 heterocycles. The van der Waals surface area contributed by atoms with E-state index in [1.807, 2.05) is 30.3 Å². The second kappa shape index (κ2) is 11.1. The van der Waals surface area contributed by atoms with Crippen molar-refractivity contribution in [2.24, 2.45) is 52.3 Å². The van der Waals surface area contributed by atoms with Crippen LogP contribution in [0, 0.1) is 52.3 Å². The Morgan fingerprint density at radius 2 is 1.74 bits per heavy atom. The van der Waals surface area contributed by atoms with Gasteiger partial charge in [0.1, 0.15) is 6.10 Å². The predicted molar refractivity (Wildman–Crippen MR) is 158 cm³/mol. The number of allylic oxidation sites excluding steroid dienone is 1. The number of benzene rings is 1. The van der Waals surface area contributed by atoms with E-state index in [2.05, 4.69) is 47.6 Å². The standard InChI is InChI=1S/C36H54O2/c1-7-26(24(2)3)14-13-25(4)31-17-18-32-30-16-15-28-23-29(38-34(37)27-11-9-8-10-12-27)19-21-35(28,5)33(30)20-22-36(31,32)6/h8-12,15,24-26,29-33H,7,13-14,16-23H2,1-6H3/t25-,26+,29+,30+,31-,32+,33+,35+,36-/m1/s1. The van der Waals surface area contributed by atoms with Gasteiger partial charge in [0.2, 0.25) is 0 Å². The smallest absolute Gasteiger partial charge is 0.338 e. The molecule has 0 radical (unpaired) electrons. The van der Waals surface area contributed by atoms with Crippen LogP contribution in [-0.4, -0.2) is 12.1 Å². The molecule has 210 valence electrons. The summed E-state index contributed by atoms with van der Waals surface area (Å²) in [4.78, 5) is 12.7. The highest BCUT2D eigenvalue weighted by Gasteiger charge is 2.59. The Hall–Kier alpha value is -1.57. The molecule has 4 aliphatic rings. The number of fused-ring (bicyclic) bond motifs is 5. The number of hydrogen-bond donors (Lipinski definition) is 0. The minimum atomic E-state index is -0.160. The molecule has 2 heteroatoms. The molecule has 9 atom stereocenters. The summed E-state index contributed by atoms with van der Waals surface area (Å²) < 4.78 is 6.02. The summed E-state index contributed by atoms with van der Waals surface area (Å²) in [6.45, 7) is 15.1. The van der Waals surface area contributed by atoms with Crippen molar-refractivity contribution in [2.45, 2.75) is 118 Å². The first-order chi connectivity index (χ1) is 18.2. The monoisotopic (exact) mass is 518 g/mol. The first-order valence-electron chi connectivity index (χ1n) is 16.1. The second-order valence-electron chi connectivity index (χ2n) is 14.6. The molecule has 0 N–H and O–H groups in total. The van der Waals surface area contributed by atoms with Crippen LogP contribution >= 0.6 is 0 Å². The maximum absolute atomic E-state index is 12.7. The van der Waals surface area contributed by atoms with Crippen molar-refractivity contribution in [3.05, 3.63) is 47.5 Å². The quantitative estimate of drug-likeness (QED) is 0.253. The number of hydrogen-bond acceptors (Lipinski definition) is 2. The van der Waals surface area contributed by atoms with E-state index in [0.29, 0.717) is 16.4 Å². The number of rotatable bonds is 8.